The zero-order chi connectivity index (χ0) is 10.2. The molecule has 2 unspecified atom stereocenters. The molecule has 0 N–H and O–H groups in total. The molecule has 0 spiro atoms. The van der Waals surface area contributed by atoms with Crippen molar-refractivity contribution in [2.75, 3.05) is 13.6 Å². The average Bonchev–Trinajstić information content (AvgIpc) is 2.47. The summed E-state index contributed by atoms with van der Waals surface area (Å²) in [5, 5.41) is 12.8. The van der Waals surface area contributed by atoms with Crippen molar-refractivity contribution in [3.63, 3.8) is 0 Å². The number of hydrogen-bond acceptors (Lipinski definition) is 1. The van der Waals surface area contributed by atoms with E-state index in [0.717, 1.165) is 30.0 Å². The van der Waals surface area contributed by atoms with Crippen molar-refractivity contribution in [3.8, 4) is 0 Å². The van der Waals surface area contributed by atoms with Gasteiger partial charge in [0.15, 0.2) is 0 Å². The fourth-order valence-electron chi connectivity index (χ4n) is 2.19. The molecule has 1 aromatic carbocycles. The maximum Gasteiger partial charge on any atom is 0.114 e. The van der Waals surface area contributed by atoms with Gasteiger partial charge in [-0.3, -0.25) is 0 Å². The molecule has 0 amide bonds. The summed E-state index contributed by atoms with van der Waals surface area (Å²) in [6, 6.07) is 7.75. The molecule has 0 aromatic heterocycles. The standard InChI is InChI=1S/C11H14ClNO/c1-13(14)8-2-3-11(13)9-4-6-10(12)7-5-9/h4-7,11H,2-3,8H2,1H3. The molecule has 3 heteroatoms. The molecule has 0 aliphatic carbocycles. The molecule has 76 valence electrons. The van der Waals surface area contributed by atoms with Crippen LogP contribution in [0, 0.1) is 5.21 Å². The predicted molar refractivity (Wildman–Crippen MR) is 57.8 cm³/mol. The van der Waals surface area contributed by atoms with E-state index in [1.54, 1.807) is 7.05 Å². The maximum absolute atomic E-state index is 12.0. The van der Waals surface area contributed by atoms with Crippen LogP contribution < -0.4 is 0 Å². The molecule has 2 atom stereocenters. The number of hydrogen-bond donors (Lipinski definition) is 0. The van der Waals surface area contributed by atoms with Crippen LogP contribution in [-0.4, -0.2) is 18.2 Å². The molecular formula is C11H14ClNO. The SMILES string of the molecule is C[N+]1([O-])CCCC1c1ccc(Cl)cc1. The third-order valence-electron chi connectivity index (χ3n) is 2.99. The molecule has 1 aromatic rings. The van der Waals surface area contributed by atoms with E-state index in [9.17, 15) is 5.21 Å². The Kier molecular flexibility index (Phi) is 2.52. The van der Waals surface area contributed by atoms with Crippen molar-refractivity contribution in [1.29, 1.82) is 0 Å². The van der Waals surface area contributed by atoms with Gasteiger partial charge < -0.3 is 9.85 Å². The quantitative estimate of drug-likeness (QED) is 0.517. The Morgan fingerprint density at radius 1 is 1.36 bits per heavy atom. The van der Waals surface area contributed by atoms with E-state index in [1.807, 2.05) is 24.3 Å². The van der Waals surface area contributed by atoms with Crippen LogP contribution in [0.25, 0.3) is 0 Å². The van der Waals surface area contributed by atoms with Gasteiger partial charge in [0.05, 0.1) is 13.6 Å². The second-order valence-electron chi connectivity index (χ2n) is 4.11. The fraction of sp³-hybridized carbons (Fsp3) is 0.455. The summed E-state index contributed by atoms with van der Waals surface area (Å²) < 4.78 is -0.137. The summed E-state index contributed by atoms with van der Waals surface area (Å²) in [6.07, 6.45) is 2.01. The van der Waals surface area contributed by atoms with Crippen LogP contribution in [-0.2, 0) is 0 Å². The highest BCUT2D eigenvalue weighted by molar-refractivity contribution is 6.30. The van der Waals surface area contributed by atoms with Crippen molar-refractivity contribution >= 4 is 11.6 Å². The number of hydroxylamine groups is 3. The third kappa shape index (κ3) is 1.78. The van der Waals surface area contributed by atoms with Crippen molar-refractivity contribution in [3.05, 3.63) is 40.1 Å². The molecule has 2 nitrogen and oxygen atoms in total. The fourth-order valence-corrected chi connectivity index (χ4v) is 2.32. The zero-order valence-electron chi connectivity index (χ0n) is 8.24. The monoisotopic (exact) mass is 211 g/mol. The van der Waals surface area contributed by atoms with Gasteiger partial charge >= 0.3 is 0 Å². The summed E-state index contributed by atoms with van der Waals surface area (Å²) in [6.45, 7) is 0.729. The topological polar surface area (TPSA) is 23.1 Å². The van der Waals surface area contributed by atoms with E-state index in [0.29, 0.717) is 0 Å². The summed E-state index contributed by atoms with van der Waals surface area (Å²) in [7, 11) is 1.76. The van der Waals surface area contributed by atoms with Gasteiger partial charge in [-0.25, -0.2) is 0 Å². The van der Waals surface area contributed by atoms with E-state index in [1.165, 1.54) is 0 Å². The molecule has 1 saturated heterocycles. The van der Waals surface area contributed by atoms with E-state index in [-0.39, 0.29) is 10.7 Å². The van der Waals surface area contributed by atoms with Crippen molar-refractivity contribution in [2.24, 2.45) is 0 Å². The van der Waals surface area contributed by atoms with Crippen LogP contribution in [0.2, 0.25) is 5.02 Å². The minimum Gasteiger partial charge on any atom is -0.633 e. The van der Waals surface area contributed by atoms with Crippen LogP contribution in [0.3, 0.4) is 0 Å². The maximum atomic E-state index is 12.0. The van der Waals surface area contributed by atoms with Gasteiger partial charge in [0.25, 0.3) is 0 Å². The Labute approximate surface area is 89.3 Å². The number of nitrogens with zero attached hydrogens (tertiary/aromatic N) is 1. The first-order chi connectivity index (χ1) is 6.59. The van der Waals surface area contributed by atoms with E-state index < -0.39 is 0 Å². The van der Waals surface area contributed by atoms with Crippen LogP contribution in [0.4, 0.5) is 0 Å². The Balaban J connectivity index is 2.27. The third-order valence-corrected chi connectivity index (χ3v) is 3.25. The lowest BCUT2D eigenvalue weighted by Gasteiger charge is -2.40. The lowest BCUT2D eigenvalue weighted by molar-refractivity contribution is -0.878. The minimum absolute atomic E-state index is 0.104. The van der Waals surface area contributed by atoms with E-state index in [4.69, 9.17) is 11.6 Å². The number of quaternary nitrogens is 1. The molecule has 1 aliphatic heterocycles. The van der Waals surface area contributed by atoms with Crippen LogP contribution in [0.5, 0.6) is 0 Å². The van der Waals surface area contributed by atoms with E-state index >= 15 is 0 Å². The molecule has 14 heavy (non-hydrogen) atoms. The highest BCUT2D eigenvalue weighted by Gasteiger charge is 2.31. The van der Waals surface area contributed by atoms with Crippen molar-refractivity contribution in [2.45, 2.75) is 18.9 Å². The number of halogens is 1. The van der Waals surface area contributed by atoms with Crippen LogP contribution in [0.1, 0.15) is 24.4 Å². The molecular weight excluding hydrogens is 198 g/mol. The Morgan fingerprint density at radius 2 is 2.00 bits per heavy atom. The van der Waals surface area contributed by atoms with Gasteiger partial charge in [0, 0.05) is 23.4 Å². The second-order valence-corrected chi connectivity index (χ2v) is 4.54. The first-order valence-electron chi connectivity index (χ1n) is 4.91. The Hall–Kier alpha value is -0.570. The molecule has 1 heterocycles. The lowest BCUT2D eigenvalue weighted by Crippen LogP contribution is -2.36. The lowest BCUT2D eigenvalue weighted by atomic mass is 10.0. The zero-order valence-corrected chi connectivity index (χ0v) is 9.00. The molecule has 0 bridgehead atoms. The highest BCUT2D eigenvalue weighted by atomic mass is 35.5. The highest BCUT2D eigenvalue weighted by Crippen LogP contribution is 2.36. The minimum atomic E-state index is -0.137. The smallest absolute Gasteiger partial charge is 0.114 e. The number of rotatable bonds is 1. The van der Waals surface area contributed by atoms with E-state index in [2.05, 4.69) is 0 Å². The molecule has 2 rings (SSSR count). The number of likely N-dealkylation sites (tertiary alicyclic amines) is 1. The summed E-state index contributed by atoms with van der Waals surface area (Å²) in [4.78, 5) is 0. The molecule has 1 fully saturated rings. The largest absolute Gasteiger partial charge is 0.633 e. The first-order valence-corrected chi connectivity index (χ1v) is 5.29. The van der Waals surface area contributed by atoms with Gasteiger partial charge in [-0.2, -0.15) is 0 Å². The predicted octanol–water partition coefficient (Wildman–Crippen LogP) is 3.12. The summed E-state index contributed by atoms with van der Waals surface area (Å²) >= 11 is 5.81. The molecule has 0 saturated carbocycles. The Morgan fingerprint density at radius 3 is 2.50 bits per heavy atom. The number of benzene rings is 1. The van der Waals surface area contributed by atoms with Crippen LogP contribution in [0.15, 0.2) is 24.3 Å². The second kappa shape index (κ2) is 3.54. The van der Waals surface area contributed by atoms with Crippen LogP contribution >= 0.6 is 11.6 Å². The van der Waals surface area contributed by atoms with Crippen molar-refractivity contribution in [1.82, 2.24) is 0 Å². The first kappa shape index (κ1) is 9.97. The summed E-state index contributed by atoms with van der Waals surface area (Å²) in [5.74, 6) is 0. The molecule has 0 radical (unpaired) electrons. The van der Waals surface area contributed by atoms with Gasteiger partial charge in [-0.15, -0.1) is 0 Å². The van der Waals surface area contributed by atoms with Gasteiger partial charge in [0.2, 0.25) is 0 Å². The van der Waals surface area contributed by atoms with Gasteiger partial charge in [-0.1, -0.05) is 23.7 Å². The average molecular weight is 212 g/mol. The normalized spacial score (nSPS) is 32.1. The Bertz CT molecular complexity index is 321. The van der Waals surface area contributed by atoms with Gasteiger partial charge in [-0.05, 0) is 12.1 Å². The summed E-state index contributed by atoms with van der Waals surface area (Å²) in [5.41, 5.74) is 1.12. The van der Waals surface area contributed by atoms with Crippen molar-refractivity contribution < 1.29 is 4.65 Å². The van der Waals surface area contributed by atoms with Gasteiger partial charge in [0.1, 0.15) is 6.04 Å². The molecule has 1 aliphatic rings.